The number of carbonyl (C=O) groups is 1. The van der Waals surface area contributed by atoms with E-state index >= 15 is 0 Å². The van der Waals surface area contributed by atoms with Gasteiger partial charge >= 0.3 is 0 Å². The number of amides is 1. The zero-order valence-electron chi connectivity index (χ0n) is 24.1. The molecule has 218 valence electrons. The molecule has 9 nitrogen and oxygen atoms in total. The van der Waals surface area contributed by atoms with Gasteiger partial charge in [-0.15, -0.1) is 0 Å². The Balaban J connectivity index is 1.27. The Morgan fingerprint density at radius 2 is 1.88 bits per heavy atom. The number of hydrogen-bond donors (Lipinski definition) is 2. The van der Waals surface area contributed by atoms with Crippen LogP contribution in [0.15, 0.2) is 35.2 Å². The SMILES string of the molecule is COc1cc2nc(C)nc(N[C@H](C)c3cccc4c3CCS4(=O)=O)c2cc1C1CCC(C(=O)N2CCNCC2)CC1. The number of rotatable bonds is 6. The Hall–Kier alpha value is -3.24. The van der Waals surface area contributed by atoms with E-state index in [-0.39, 0.29) is 23.6 Å². The first-order chi connectivity index (χ1) is 19.7. The predicted molar refractivity (Wildman–Crippen MR) is 159 cm³/mol. The number of aryl methyl sites for hydroxylation is 1. The number of methoxy groups -OCH3 is 1. The standard InChI is InChI=1S/C31H39N5O4S/c1-19(23-5-4-6-29-24(23)11-16-41(29,38)39)33-30-26-17-25(28(40-3)18-27(26)34-20(2)35-30)21-7-9-22(10-8-21)31(37)36-14-12-32-13-15-36/h4-6,17-19,21-22,32H,7-16H2,1-3H3,(H,33,34,35)/t19-,21?,22?/m1/s1. The number of sulfone groups is 1. The van der Waals surface area contributed by atoms with Crippen LogP contribution in [0, 0.1) is 12.8 Å². The molecule has 1 saturated carbocycles. The summed E-state index contributed by atoms with van der Waals surface area (Å²) in [5.41, 5.74) is 3.81. The first-order valence-corrected chi connectivity index (χ1v) is 16.4. The van der Waals surface area contributed by atoms with E-state index in [0.717, 1.165) is 91.0 Å². The molecule has 1 saturated heterocycles. The fourth-order valence-corrected chi connectivity index (χ4v) is 8.44. The maximum Gasteiger partial charge on any atom is 0.225 e. The molecule has 6 rings (SSSR count). The molecule has 3 heterocycles. The summed E-state index contributed by atoms with van der Waals surface area (Å²) in [5, 5.41) is 7.82. The molecule has 2 aromatic carbocycles. The quantitative estimate of drug-likeness (QED) is 0.449. The summed E-state index contributed by atoms with van der Waals surface area (Å²) in [6.45, 7) is 7.26. The number of aromatic nitrogens is 2. The number of nitrogens with zero attached hydrogens (tertiary/aromatic N) is 3. The molecule has 2 N–H and O–H groups in total. The zero-order chi connectivity index (χ0) is 28.7. The van der Waals surface area contributed by atoms with Crippen molar-refractivity contribution in [2.75, 3.05) is 44.4 Å². The molecular formula is C31H39N5O4S. The summed E-state index contributed by atoms with van der Waals surface area (Å²) in [4.78, 5) is 25.1. The maximum atomic E-state index is 13.1. The van der Waals surface area contributed by atoms with E-state index in [1.807, 2.05) is 36.9 Å². The number of nitrogens with one attached hydrogen (secondary N) is 2. The summed E-state index contributed by atoms with van der Waals surface area (Å²) in [6.07, 6.45) is 4.15. The summed E-state index contributed by atoms with van der Waals surface area (Å²) in [5.74, 6) is 3.04. The van der Waals surface area contributed by atoms with Gasteiger partial charge in [0.2, 0.25) is 5.91 Å². The fraction of sp³-hybridized carbons (Fsp3) is 0.516. The number of benzene rings is 2. The van der Waals surface area contributed by atoms with Crippen molar-refractivity contribution in [1.82, 2.24) is 20.2 Å². The second-order valence-corrected chi connectivity index (χ2v) is 13.7. The van der Waals surface area contributed by atoms with E-state index < -0.39 is 9.84 Å². The van der Waals surface area contributed by atoms with Gasteiger partial charge in [-0.25, -0.2) is 18.4 Å². The van der Waals surface area contributed by atoms with Crippen molar-refractivity contribution in [2.24, 2.45) is 5.92 Å². The average molecular weight is 578 g/mol. The van der Waals surface area contributed by atoms with Crippen LogP contribution in [0.5, 0.6) is 5.75 Å². The minimum Gasteiger partial charge on any atom is -0.496 e. The molecule has 41 heavy (non-hydrogen) atoms. The lowest BCUT2D eigenvalue weighted by Gasteiger charge is -2.34. The van der Waals surface area contributed by atoms with E-state index in [4.69, 9.17) is 14.7 Å². The van der Waals surface area contributed by atoms with Gasteiger partial charge in [0.05, 0.1) is 29.3 Å². The summed E-state index contributed by atoms with van der Waals surface area (Å²) in [7, 11) is -1.51. The van der Waals surface area contributed by atoms with Gasteiger partial charge in [0, 0.05) is 43.5 Å². The largest absolute Gasteiger partial charge is 0.496 e. The molecule has 10 heteroatoms. The highest BCUT2D eigenvalue weighted by Gasteiger charge is 2.32. The third kappa shape index (κ3) is 5.39. The van der Waals surface area contributed by atoms with Crippen molar-refractivity contribution in [2.45, 2.75) is 62.8 Å². The summed E-state index contributed by atoms with van der Waals surface area (Å²) >= 11 is 0. The van der Waals surface area contributed by atoms with E-state index in [2.05, 4.69) is 16.7 Å². The molecule has 2 aliphatic heterocycles. The molecule has 1 amide bonds. The highest BCUT2D eigenvalue weighted by Crippen LogP contribution is 2.43. The van der Waals surface area contributed by atoms with E-state index in [1.165, 1.54) is 0 Å². The fourth-order valence-electron chi connectivity index (χ4n) is 6.87. The van der Waals surface area contributed by atoms with Gasteiger partial charge in [0.15, 0.2) is 9.84 Å². The van der Waals surface area contributed by atoms with Gasteiger partial charge in [0.1, 0.15) is 17.4 Å². The van der Waals surface area contributed by atoms with E-state index in [1.54, 1.807) is 13.2 Å². The van der Waals surface area contributed by atoms with Crippen LogP contribution in [0.4, 0.5) is 5.82 Å². The van der Waals surface area contributed by atoms with Crippen LogP contribution < -0.4 is 15.4 Å². The first kappa shape index (κ1) is 27.9. The Labute approximate surface area is 242 Å². The normalized spacial score (nSPS) is 22.8. The van der Waals surface area contributed by atoms with Crippen molar-refractivity contribution in [3.8, 4) is 5.75 Å². The lowest BCUT2D eigenvalue weighted by molar-refractivity contribution is -0.137. The Kier molecular flexibility index (Phi) is 7.63. The molecule has 1 aromatic heterocycles. The van der Waals surface area contributed by atoms with Crippen LogP contribution in [0.3, 0.4) is 0 Å². The molecule has 3 aromatic rings. The molecule has 1 atom stereocenters. The van der Waals surface area contributed by atoms with E-state index in [9.17, 15) is 13.2 Å². The molecule has 3 aliphatic rings. The van der Waals surface area contributed by atoms with Gasteiger partial charge in [-0.2, -0.15) is 0 Å². The van der Waals surface area contributed by atoms with Crippen molar-refractivity contribution < 1.29 is 17.9 Å². The monoisotopic (exact) mass is 577 g/mol. The molecule has 0 spiro atoms. The third-order valence-corrected chi connectivity index (χ3v) is 10.8. The summed E-state index contributed by atoms with van der Waals surface area (Å²) < 4.78 is 30.9. The van der Waals surface area contributed by atoms with Crippen LogP contribution in [-0.2, 0) is 21.1 Å². The number of carbonyl (C=O) groups excluding carboxylic acids is 1. The number of anilines is 1. The second-order valence-electron chi connectivity index (χ2n) is 11.6. The Morgan fingerprint density at radius 1 is 1.12 bits per heavy atom. The third-order valence-electron chi connectivity index (χ3n) is 9.05. The van der Waals surface area contributed by atoms with Crippen molar-refractivity contribution in [1.29, 1.82) is 0 Å². The van der Waals surface area contributed by atoms with Crippen molar-refractivity contribution in [3.63, 3.8) is 0 Å². The van der Waals surface area contributed by atoms with Gasteiger partial charge < -0.3 is 20.3 Å². The molecule has 0 bridgehead atoms. The Bertz CT molecular complexity index is 1580. The minimum absolute atomic E-state index is 0.0938. The van der Waals surface area contributed by atoms with Gasteiger partial charge in [0.25, 0.3) is 0 Å². The van der Waals surface area contributed by atoms with Crippen LogP contribution in [-0.4, -0.2) is 68.2 Å². The second kappa shape index (κ2) is 11.2. The van der Waals surface area contributed by atoms with Crippen LogP contribution in [0.25, 0.3) is 10.9 Å². The molecule has 1 aliphatic carbocycles. The van der Waals surface area contributed by atoms with Crippen molar-refractivity contribution >= 4 is 32.5 Å². The number of hydrogen-bond acceptors (Lipinski definition) is 8. The van der Waals surface area contributed by atoms with Gasteiger partial charge in [-0.1, -0.05) is 12.1 Å². The predicted octanol–water partition coefficient (Wildman–Crippen LogP) is 4.16. The lowest BCUT2D eigenvalue weighted by Crippen LogP contribution is -2.48. The number of ether oxygens (including phenoxy) is 1. The van der Waals surface area contributed by atoms with Crippen LogP contribution >= 0.6 is 0 Å². The molecule has 2 fully saturated rings. The number of fused-ring (bicyclic) bond motifs is 2. The molecule has 0 radical (unpaired) electrons. The van der Waals surface area contributed by atoms with Gasteiger partial charge in [-0.3, -0.25) is 4.79 Å². The highest BCUT2D eigenvalue weighted by atomic mass is 32.2. The first-order valence-electron chi connectivity index (χ1n) is 14.7. The van der Waals surface area contributed by atoms with Crippen molar-refractivity contribution in [3.05, 3.63) is 52.8 Å². The number of piperazine rings is 1. The van der Waals surface area contributed by atoms with Gasteiger partial charge in [-0.05, 0) is 80.7 Å². The smallest absolute Gasteiger partial charge is 0.225 e. The topological polar surface area (TPSA) is 114 Å². The lowest BCUT2D eigenvalue weighted by atomic mass is 9.77. The van der Waals surface area contributed by atoms with E-state index in [0.29, 0.717) is 23.0 Å². The Morgan fingerprint density at radius 3 is 2.61 bits per heavy atom. The zero-order valence-corrected chi connectivity index (χ0v) is 24.9. The maximum absolute atomic E-state index is 13.1. The van der Waals surface area contributed by atoms with Crippen LogP contribution in [0.2, 0.25) is 0 Å². The average Bonchev–Trinajstić information content (AvgIpc) is 3.30. The van der Waals surface area contributed by atoms with Crippen LogP contribution in [0.1, 0.15) is 67.1 Å². The minimum atomic E-state index is -3.21. The summed E-state index contributed by atoms with van der Waals surface area (Å²) in [6, 6.07) is 9.55. The molecule has 0 unspecified atom stereocenters. The molecular weight excluding hydrogens is 538 g/mol. The highest BCUT2D eigenvalue weighted by molar-refractivity contribution is 7.91.